The zero-order valence-corrected chi connectivity index (χ0v) is 13.0. The second-order valence-corrected chi connectivity index (χ2v) is 8.11. The summed E-state index contributed by atoms with van der Waals surface area (Å²) >= 11 is 2.77. The van der Waals surface area contributed by atoms with Crippen molar-refractivity contribution in [2.24, 2.45) is 0 Å². The molecule has 5 nitrogen and oxygen atoms in total. The molecule has 0 atom stereocenters. The van der Waals surface area contributed by atoms with Crippen LogP contribution in [-0.2, 0) is 23.2 Å². The van der Waals surface area contributed by atoms with Gasteiger partial charge < -0.3 is 5.11 Å². The standard InChI is InChI=1S/C11H14N2O3S3/c1-7-11(3-10(5-14)18-7)19(15,16)12-4-9-6-17-8(2)13-9/h3,6,12,14H,4-5H2,1-2H3. The minimum Gasteiger partial charge on any atom is -0.391 e. The molecule has 0 radical (unpaired) electrons. The van der Waals surface area contributed by atoms with Crippen molar-refractivity contribution in [2.75, 3.05) is 0 Å². The largest absolute Gasteiger partial charge is 0.391 e. The maximum absolute atomic E-state index is 12.2. The topological polar surface area (TPSA) is 79.3 Å². The van der Waals surface area contributed by atoms with Gasteiger partial charge in [0.05, 0.1) is 28.7 Å². The lowest BCUT2D eigenvalue weighted by Gasteiger charge is -2.04. The van der Waals surface area contributed by atoms with Gasteiger partial charge in [0, 0.05) is 15.1 Å². The molecule has 0 aliphatic heterocycles. The highest BCUT2D eigenvalue weighted by Crippen LogP contribution is 2.25. The van der Waals surface area contributed by atoms with E-state index in [4.69, 9.17) is 5.11 Å². The summed E-state index contributed by atoms with van der Waals surface area (Å²) in [6, 6.07) is 1.51. The van der Waals surface area contributed by atoms with Crippen LogP contribution < -0.4 is 4.72 Å². The first-order chi connectivity index (χ1) is 8.92. The second-order valence-electron chi connectivity index (χ2n) is 3.97. The van der Waals surface area contributed by atoms with E-state index >= 15 is 0 Å². The Kier molecular flexibility index (Phi) is 4.36. The Hall–Kier alpha value is -0.800. The van der Waals surface area contributed by atoms with E-state index in [1.165, 1.54) is 28.7 Å². The van der Waals surface area contributed by atoms with E-state index in [1.807, 2.05) is 12.3 Å². The number of aliphatic hydroxyl groups is 1. The van der Waals surface area contributed by atoms with Crippen molar-refractivity contribution < 1.29 is 13.5 Å². The second kappa shape index (κ2) is 5.68. The van der Waals surface area contributed by atoms with Gasteiger partial charge in [-0.25, -0.2) is 18.1 Å². The van der Waals surface area contributed by atoms with Crippen molar-refractivity contribution >= 4 is 32.7 Å². The highest BCUT2D eigenvalue weighted by atomic mass is 32.2. The van der Waals surface area contributed by atoms with Gasteiger partial charge >= 0.3 is 0 Å². The number of nitrogens with zero attached hydrogens (tertiary/aromatic N) is 1. The minimum absolute atomic E-state index is 0.147. The van der Waals surface area contributed by atoms with Gasteiger partial charge in [0.1, 0.15) is 0 Å². The number of hydrogen-bond acceptors (Lipinski definition) is 6. The lowest BCUT2D eigenvalue weighted by Crippen LogP contribution is -2.23. The first kappa shape index (κ1) is 14.6. The van der Waals surface area contributed by atoms with E-state index in [0.29, 0.717) is 15.4 Å². The van der Waals surface area contributed by atoms with Crippen LogP contribution in [0.15, 0.2) is 16.3 Å². The summed E-state index contributed by atoms with van der Waals surface area (Å²) in [4.78, 5) is 5.75. The highest BCUT2D eigenvalue weighted by molar-refractivity contribution is 7.89. The van der Waals surface area contributed by atoms with Crippen molar-refractivity contribution in [3.05, 3.63) is 31.9 Å². The molecule has 2 aromatic heterocycles. The molecule has 2 aromatic rings. The molecule has 0 aromatic carbocycles. The zero-order valence-electron chi connectivity index (χ0n) is 10.5. The first-order valence-electron chi connectivity index (χ1n) is 5.53. The van der Waals surface area contributed by atoms with E-state index in [0.717, 1.165) is 5.01 Å². The Morgan fingerprint density at radius 2 is 2.16 bits per heavy atom. The molecule has 104 valence electrons. The maximum Gasteiger partial charge on any atom is 0.242 e. The van der Waals surface area contributed by atoms with Crippen molar-refractivity contribution in [2.45, 2.75) is 31.9 Å². The third-order valence-corrected chi connectivity index (χ3v) is 5.99. The molecule has 0 unspecified atom stereocenters. The predicted molar refractivity (Wildman–Crippen MR) is 75.9 cm³/mol. The molecular weight excluding hydrogens is 304 g/mol. The molecule has 0 fully saturated rings. The average Bonchev–Trinajstić information content (AvgIpc) is 2.93. The minimum atomic E-state index is -3.56. The number of aromatic nitrogens is 1. The van der Waals surface area contributed by atoms with Crippen LogP contribution in [0.25, 0.3) is 0 Å². The Morgan fingerprint density at radius 1 is 1.42 bits per heavy atom. The molecular formula is C11H14N2O3S3. The summed E-state index contributed by atoms with van der Waals surface area (Å²) < 4.78 is 26.8. The lowest BCUT2D eigenvalue weighted by molar-refractivity contribution is 0.285. The summed E-state index contributed by atoms with van der Waals surface area (Å²) in [5.74, 6) is 0. The molecule has 0 amide bonds. The van der Waals surface area contributed by atoms with Gasteiger partial charge in [-0.3, -0.25) is 0 Å². The SMILES string of the molecule is Cc1nc(CNS(=O)(=O)c2cc(CO)sc2C)cs1. The van der Waals surface area contributed by atoms with Crippen LogP contribution in [0.3, 0.4) is 0 Å². The van der Waals surface area contributed by atoms with Crippen molar-refractivity contribution in [3.8, 4) is 0 Å². The number of hydrogen-bond donors (Lipinski definition) is 2. The summed E-state index contributed by atoms with van der Waals surface area (Å²) in [7, 11) is -3.56. The van der Waals surface area contributed by atoms with Crippen LogP contribution >= 0.6 is 22.7 Å². The monoisotopic (exact) mass is 318 g/mol. The van der Waals surface area contributed by atoms with E-state index in [1.54, 1.807) is 6.92 Å². The molecule has 0 saturated carbocycles. The van der Waals surface area contributed by atoms with Crippen molar-refractivity contribution in [1.29, 1.82) is 0 Å². The quantitative estimate of drug-likeness (QED) is 0.881. The van der Waals surface area contributed by atoms with E-state index < -0.39 is 10.0 Å². The number of nitrogens with one attached hydrogen (secondary N) is 1. The lowest BCUT2D eigenvalue weighted by atomic mass is 10.4. The van der Waals surface area contributed by atoms with Crippen LogP contribution in [-0.4, -0.2) is 18.5 Å². The van der Waals surface area contributed by atoms with Crippen molar-refractivity contribution in [1.82, 2.24) is 9.71 Å². The zero-order chi connectivity index (χ0) is 14.0. The highest BCUT2D eigenvalue weighted by Gasteiger charge is 2.19. The van der Waals surface area contributed by atoms with Gasteiger partial charge in [0.15, 0.2) is 0 Å². The normalized spacial score (nSPS) is 11.9. The van der Waals surface area contributed by atoms with Crippen LogP contribution in [0.2, 0.25) is 0 Å². The summed E-state index contributed by atoms with van der Waals surface area (Å²) in [5.41, 5.74) is 0.710. The fourth-order valence-electron chi connectivity index (χ4n) is 1.61. The van der Waals surface area contributed by atoms with Crippen LogP contribution in [0.1, 0.15) is 20.5 Å². The van der Waals surface area contributed by atoms with Gasteiger partial charge in [0.2, 0.25) is 10.0 Å². The van der Waals surface area contributed by atoms with Crippen molar-refractivity contribution in [3.63, 3.8) is 0 Å². The number of sulfonamides is 1. The molecule has 2 rings (SSSR count). The third-order valence-electron chi connectivity index (χ3n) is 2.48. The molecule has 0 aliphatic carbocycles. The van der Waals surface area contributed by atoms with Crippen LogP contribution in [0, 0.1) is 13.8 Å². The molecule has 2 N–H and O–H groups in total. The van der Waals surface area contributed by atoms with E-state index in [2.05, 4.69) is 9.71 Å². The molecule has 0 bridgehead atoms. The summed E-state index contributed by atoms with van der Waals surface area (Å²) in [6.07, 6.45) is 0. The number of thiophene rings is 1. The van der Waals surface area contributed by atoms with Gasteiger partial charge in [0.25, 0.3) is 0 Å². The fourth-order valence-corrected chi connectivity index (χ4v) is 4.71. The van der Waals surface area contributed by atoms with Gasteiger partial charge in [-0.2, -0.15) is 0 Å². The molecule has 8 heteroatoms. The molecule has 0 saturated heterocycles. The number of aliphatic hydroxyl groups excluding tert-OH is 1. The maximum atomic E-state index is 12.2. The Balaban J connectivity index is 2.15. The third kappa shape index (κ3) is 3.40. The Morgan fingerprint density at radius 3 is 2.68 bits per heavy atom. The van der Waals surface area contributed by atoms with Gasteiger partial charge in [-0.05, 0) is 19.9 Å². The van der Waals surface area contributed by atoms with Gasteiger partial charge in [-0.15, -0.1) is 22.7 Å². The van der Waals surface area contributed by atoms with Crippen LogP contribution in [0.4, 0.5) is 0 Å². The average molecular weight is 318 g/mol. The smallest absolute Gasteiger partial charge is 0.242 e. The molecule has 19 heavy (non-hydrogen) atoms. The summed E-state index contributed by atoms with van der Waals surface area (Å²) in [6.45, 7) is 3.63. The first-order valence-corrected chi connectivity index (χ1v) is 8.71. The Bertz CT molecular complexity index is 673. The van der Waals surface area contributed by atoms with Gasteiger partial charge in [-0.1, -0.05) is 0 Å². The molecule has 0 aliphatic rings. The molecule has 0 spiro atoms. The number of thiazole rings is 1. The summed E-state index contributed by atoms with van der Waals surface area (Å²) in [5, 5.41) is 11.8. The van der Waals surface area contributed by atoms with E-state index in [9.17, 15) is 8.42 Å². The fraction of sp³-hybridized carbons (Fsp3) is 0.364. The van der Waals surface area contributed by atoms with E-state index in [-0.39, 0.29) is 18.0 Å². The van der Waals surface area contributed by atoms with Crippen LogP contribution in [0.5, 0.6) is 0 Å². The predicted octanol–water partition coefficient (Wildman–Crippen LogP) is 1.79. The Labute approximate surface area is 120 Å². The number of rotatable bonds is 5. The molecule has 2 heterocycles. The number of aryl methyl sites for hydroxylation is 2.